The van der Waals surface area contributed by atoms with E-state index in [4.69, 9.17) is 0 Å². The maximum absolute atomic E-state index is 12.7. The van der Waals surface area contributed by atoms with Crippen molar-refractivity contribution in [2.45, 2.75) is 22.5 Å². The average Bonchev–Trinajstić information content (AvgIpc) is 3.05. The minimum atomic E-state index is -3.33. The zero-order valence-electron chi connectivity index (χ0n) is 14.8. The number of hydrogen-bond acceptors (Lipinski definition) is 6. The highest BCUT2D eigenvalue weighted by molar-refractivity contribution is 7.98. The van der Waals surface area contributed by atoms with Crippen LogP contribution in [0.5, 0.6) is 0 Å². The van der Waals surface area contributed by atoms with Crippen LogP contribution in [0.3, 0.4) is 0 Å². The van der Waals surface area contributed by atoms with Gasteiger partial charge in [0.05, 0.1) is 21.2 Å². The number of nitrogens with one attached hydrogen (secondary N) is 1. The maximum atomic E-state index is 12.7. The molecule has 1 N–H and O–H groups in total. The largest absolute Gasteiger partial charge is 0.322 e. The van der Waals surface area contributed by atoms with E-state index in [1.165, 1.54) is 12.1 Å². The normalized spacial score (nSPS) is 11.3. The molecule has 0 radical (unpaired) electrons. The van der Waals surface area contributed by atoms with E-state index >= 15 is 0 Å². The van der Waals surface area contributed by atoms with Gasteiger partial charge in [-0.15, -0.1) is 23.1 Å². The molecule has 0 saturated heterocycles. The van der Waals surface area contributed by atoms with Gasteiger partial charge in [0, 0.05) is 28.0 Å². The third-order valence-corrected chi connectivity index (χ3v) is 6.73. The smallest absolute Gasteiger partial charge is 0.256 e. The summed E-state index contributed by atoms with van der Waals surface area (Å²) < 4.78 is 23.4. The monoisotopic (exact) mass is 418 g/mol. The van der Waals surface area contributed by atoms with Crippen LogP contribution in [-0.4, -0.2) is 25.6 Å². The van der Waals surface area contributed by atoms with Crippen LogP contribution >= 0.6 is 23.1 Å². The van der Waals surface area contributed by atoms with Crippen molar-refractivity contribution in [1.82, 2.24) is 4.98 Å². The third kappa shape index (κ3) is 5.18. The Hall–Kier alpha value is -2.16. The van der Waals surface area contributed by atoms with Crippen molar-refractivity contribution in [3.05, 3.63) is 70.2 Å². The summed E-state index contributed by atoms with van der Waals surface area (Å²) in [5.41, 5.74) is 1.97. The van der Waals surface area contributed by atoms with Gasteiger partial charge in [0.15, 0.2) is 9.84 Å². The molecule has 2 aromatic carbocycles. The Balaban J connectivity index is 1.77. The molecule has 27 heavy (non-hydrogen) atoms. The van der Waals surface area contributed by atoms with Crippen molar-refractivity contribution < 1.29 is 13.2 Å². The van der Waals surface area contributed by atoms with Crippen LogP contribution in [0.1, 0.15) is 21.1 Å². The van der Waals surface area contributed by atoms with Gasteiger partial charge in [-0.25, -0.2) is 13.4 Å². The Labute approximate surface area is 166 Å². The van der Waals surface area contributed by atoms with Crippen LogP contribution in [0.25, 0.3) is 0 Å². The van der Waals surface area contributed by atoms with Crippen LogP contribution in [0.2, 0.25) is 0 Å². The van der Waals surface area contributed by atoms with Crippen molar-refractivity contribution in [1.29, 1.82) is 0 Å². The van der Waals surface area contributed by atoms with E-state index in [2.05, 4.69) is 10.3 Å². The Morgan fingerprint density at radius 2 is 1.96 bits per heavy atom. The molecule has 8 heteroatoms. The van der Waals surface area contributed by atoms with Crippen molar-refractivity contribution in [2.24, 2.45) is 0 Å². The molecule has 0 spiro atoms. The average molecular weight is 419 g/mol. The molecule has 1 aromatic heterocycles. The van der Waals surface area contributed by atoms with Gasteiger partial charge in [0.25, 0.3) is 5.91 Å². The molecule has 3 aromatic rings. The van der Waals surface area contributed by atoms with Crippen LogP contribution < -0.4 is 5.32 Å². The first-order valence-electron chi connectivity index (χ1n) is 8.07. The van der Waals surface area contributed by atoms with Gasteiger partial charge < -0.3 is 5.32 Å². The molecule has 0 unspecified atom stereocenters. The van der Waals surface area contributed by atoms with Crippen LogP contribution in [-0.2, 0) is 15.6 Å². The molecular weight excluding hydrogens is 400 g/mol. The lowest BCUT2D eigenvalue weighted by atomic mass is 10.2. The summed E-state index contributed by atoms with van der Waals surface area (Å²) in [6, 6.07) is 13.6. The third-order valence-electron chi connectivity index (χ3n) is 3.69. The van der Waals surface area contributed by atoms with E-state index in [0.717, 1.165) is 21.9 Å². The summed E-state index contributed by atoms with van der Waals surface area (Å²) in [4.78, 5) is 18.2. The topological polar surface area (TPSA) is 76.1 Å². The molecule has 0 saturated carbocycles. The minimum Gasteiger partial charge on any atom is -0.322 e. The molecule has 3 rings (SSSR count). The fraction of sp³-hybridized carbons (Fsp3) is 0.158. The van der Waals surface area contributed by atoms with E-state index in [1.807, 2.05) is 24.4 Å². The molecule has 140 valence electrons. The Morgan fingerprint density at radius 1 is 1.19 bits per heavy atom. The van der Waals surface area contributed by atoms with Crippen molar-refractivity contribution in [3.63, 3.8) is 0 Å². The number of benzene rings is 2. The lowest BCUT2D eigenvalue weighted by Gasteiger charge is -2.10. The molecule has 0 atom stereocenters. The van der Waals surface area contributed by atoms with Crippen LogP contribution in [0.15, 0.2) is 63.7 Å². The highest BCUT2D eigenvalue weighted by Gasteiger charge is 2.14. The number of anilines is 1. The van der Waals surface area contributed by atoms with Gasteiger partial charge in [0.1, 0.15) is 0 Å². The van der Waals surface area contributed by atoms with Crippen molar-refractivity contribution >= 4 is 44.5 Å². The van der Waals surface area contributed by atoms with Gasteiger partial charge in [-0.3, -0.25) is 4.79 Å². The number of hydrogen-bond donors (Lipinski definition) is 1. The first-order valence-corrected chi connectivity index (χ1v) is 11.8. The number of nitrogens with zero attached hydrogens (tertiary/aromatic N) is 1. The summed E-state index contributed by atoms with van der Waals surface area (Å²) >= 11 is 3.15. The predicted octanol–water partition coefficient (Wildman–Crippen LogP) is 4.40. The summed E-state index contributed by atoms with van der Waals surface area (Å²) in [7, 11) is -3.33. The fourth-order valence-corrected chi connectivity index (χ4v) is 4.74. The summed E-state index contributed by atoms with van der Waals surface area (Å²) in [5.74, 6) is 0.399. The second-order valence-electron chi connectivity index (χ2n) is 5.90. The second kappa shape index (κ2) is 8.24. The zero-order chi connectivity index (χ0) is 19.4. The highest BCUT2D eigenvalue weighted by Crippen LogP contribution is 2.27. The minimum absolute atomic E-state index is 0.168. The Morgan fingerprint density at radius 3 is 2.67 bits per heavy atom. The predicted molar refractivity (Wildman–Crippen MR) is 110 cm³/mol. The zero-order valence-corrected chi connectivity index (χ0v) is 17.2. The second-order valence-corrected chi connectivity index (χ2v) is 9.99. The number of rotatable bonds is 6. The number of aromatic nitrogens is 1. The molecule has 1 amide bonds. The van der Waals surface area contributed by atoms with Gasteiger partial charge in [-0.1, -0.05) is 18.2 Å². The lowest BCUT2D eigenvalue weighted by Crippen LogP contribution is -2.13. The number of amides is 1. The standard InChI is InChI=1S/C19H18N2O3S3/c1-13-20-15(11-25-13)12-26-18-9-4-3-8-17(18)19(22)21-14-6-5-7-16(10-14)27(2,23)24/h3-11H,12H2,1-2H3,(H,21,22). The Bertz CT molecular complexity index is 1080. The first kappa shape index (κ1) is 19.6. The van der Waals surface area contributed by atoms with Gasteiger partial charge in [-0.05, 0) is 37.3 Å². The number of carbonyl (C=O) groups excluding carboxylic acids is 1. The van der Waals surface area contributed by atoms with E-state index in [1.54, 1.807) is 47.4 Å². The van der Waals surface area contributed by atoms with Crippen molar-refractivity contribution in [3.8, 4) is 0 Å². The molecule has 0 aliphatic rings. The van der Waals surface area contributed by atoms with E-state index in [0.29, 0.717) is 17.0 Å². The molecule has 0 aliphatic heterocycles. The van der Waals surface area contributed by atoms with E-state index < -0.39 is 9.84 Å². The fourth-order valence-electron chi connectivity index (χ4n) is 2.41. The quantitative estimate of drug-likeness (QED) is 0.601. The van der Waals surface area contributed by atoms with E-state index in [9.17, 15) is 13.2 Å². The number of aryl methyl sites for hydroxylation is 1. The molecule has 0 bridgehead atoms. The molecule has 1 heterocycles. The van der Waals surface area contributed by atoms with Gasteiger partial charge in [-0.2, -0.15) is 0 Å². The maximum Gasteiger partial charge on any atom is 0.256 e. The van der Waals surface area contributed by atoms with Crippen LogP contribution in [0, 0.1) is 6.92 Å². The number of thioether (sulfide) groups is 1. The van der Waals surface area contributed by atoms with Gasteiger partial charge >= 0.3 is 0 Å². The number of sulfone groups is 1. The van der Waals surface area contributed by atoms with Gasteiger partial charge in [0.2, 0.25) is 0 Å². The highest BCUT2D eigenvalue weighted by atomic mass is 32.2. The first-order chi connectivity index (χ1) is 12.8. The summed E-state index contributed by atoms with van der Waals surface area (Å²) in [5, 5.41) is 5.81. The van der Waals surface area contributed by atoms with Crippen molar-refractivity contribution in [2.75, 3.05) is 11.6 Å². The molecule has 0 aliphatic carbocycles. The lowest BCUT2D eigenvalue weighted by molar-refractivity contribution is 0.102. The number of carbonyl (C=O) groups is 1. The van der Waals surface area contributed by atoms with E-state index in [-0.39, 0.29) is 10.8 Å². The molecular formula is C19H18N2O3S3. The van der Waals surface area contributed by atoms with Crippen LogP contribution in [0.4, 0.5) is 5.69 Å². The summed E-state index contributed by atoms with van der Waals surface area (Å²) in [6.07, 6.45) is 1.14. The molecule has 5 nitrogen and oxygen atoms in total. The SMILES string of the molecule is Cc1nc(CSc2ccccc2C(=O)Nc2cccc(S(C)(=O)=O)c2)cs1. The number of thiazole rings is 1. The Kier molecular flexibility index (Phi) is 5.98. The molecule has 0 fully saturated rings. The summed E-state index contributed by atoms with van der Waals surface area (Å²) in [6.45, 7) is 1.96.